The fourth-order valence-electron chi connectivity index (χ4n) is 1.36. The van der Waals surface area contributed by atoms with Gasteiger partial charge in [0.1, 0.15) is 11.0 Å². The highest BCUT2D eigenvalue weighted by Crippen LogP contribution is 2.17. The van der Waals surface area contributed by atoms with Gasteiger partial charge in [-0.25, -0.2) is 9.97 Å². The zero-order valence-electron chi connectivity index (χ0n) is 11.6. The molecule has 0 aliphatic heterocycles. The molecule has 19 heavy (non-hydrogen) atoms. The molecule has 0 aromatic carbocycles. The number of halogens is 1. The van der Waals surface area contributed by atoms with Gasteiger partial charge in [0.15, 0.2) is 5.16 Å². The van der Waals surface area contributed by atoms with Gasteiger partial charge >= 0.3 is 0 Å². The van der Waals surface area contributed by atoms with Crippen LogP contribution < -0.4 is 10.6 Å². The molecule has 0 atom stereocenters. The lowest BCUT2D eigenvalue weighted by molar-refractivity contribution is -0.122. The third-order valence-corrected chi connectivity index (χ3v) is 2.77. The molecule has 0 bridgehead atoms. The van der Waals surface area contributed by atoms with Crippen molar-refractivity contribution in [3.63, 3.8) is 0 Å². The summed E-state index contributed by atoms with van der Waals surface area (Å²) >= 11 is 7.29. The zero-order valence-corrected chi connectivity index (χ0v) is 13.2. The standard InChI is InChI=1S/C12H19ClN4OS/c1-12(2,3)17-10(18)5-6-14-9-7-8(13)15-11(16-9)19-4/h7H,5-6H2,1-4H3,(H,17,18)(H,14,15,16). The molecule has 0 saturated carbocycles. The summed E-state index contributed by atoms with van der Waals surface area (Å²) in [6, 6.07) is 1.64. The summed E-state index contributed by atoms with van der Waals surface area (Å²) in [5.41, 5.74) is -0.207. The molecule has 0 saturated heterocycles. The van der Waals surface area contributed by atoms with Crippen molar-refractivity contribution in [3.8, 4) is 0 Å². The SMILES string of the molecule is CSc1nc(Cl)cc(NCCC(=O)NC(C)(C)C)n1. The van der Waals surface area contributed by atoms with Crippen LogP contribution in [0.25, 0.3) is 0 Å². The van der Waals surface area contributed by atoms with Gasteiger partial charge in [0.2, 0.25) is 5.91 Å². The van der Waals surface area contributed by atoms with E-state index in [0.29, 0.717) is 29.1 Å². The Morgan fingerprint density at radius 2 is 2.11 bits per heavy atom. The van der Waals surface area contributed by atoms with Crippen molar-refractivity contribution < 1.29 is 4.79 Å². The Labute approximate surface area is 122 Å². The number of hydrogen-bond acceptors (Lipinski definition) is 5. The number of carbonyl (C=O) groups excluding carboxylic acids is 1. The smallest absolute Gasteiger partial charge is 0.222 e. The molecule has 0 spiro atoms. The molecule has 106 valence electrons. The predicted octanol–water partition coefficient (Wildman–Crippen LogP) is 2.57. The minimum absolute atomic E-state index is 0.00485. The van der Waals surface area contributed by atoms with Gasteiger partial charge in [0, 0.05) is 24.6 Å². The topological polar surface area (TPSA) is 66.9 Å². The summed E-state index contributed by atoms with van der Waals surface area (Å²) in [5, 5.41) is 6.96. The number of amides is 1. The van der Waals surface area contributed by atoms with Crippen LogP contribution in [0.15, 0.2) is 11.2 Å². The van der Waals surface area contributed by atoms with Gasteiger partial charge in [-0.1, -0.05) is 23.4 Å². The van der Waals surface area contributed by atoms with Crippen molar-refractivity contribution in [1.29, 1.82) is 0 Å². The van der Waals surface area contributed by atoms with E-state index in [1.165, 1.54) is 11.8 Å². The number of nitrogens with zero attached hydrogens (tertiary/aromatic N) is 2. The summed E-state index contributed by atoms with van der Waals surface area (Å²) in [5.74, 6) is 0.637. The highest BCUT2D eigenvalue weighted by Gasteiger charge is 2.13. The summed E-state index contributed by atoms with van der Waals surface area (Å²) in [4.78, 5) is 19.9. The van der Waals surface area contributed by atoms with Crippen LogP contribution in [0.3, 0.4) is 0 Å². The van der Waals surface area contributed by atoms with Crippen LogP contribution in [-0.4, -0.2) is 34.2 Å². The van der Waals surface area contributed by atoms with Gasteiger partial charge in [-0.3, -0.25) is 4.79 Å². The largest absolute Gasteiger partial charge is 0.369 e. The lowest BCUT2D eigenvalue weighted by Crippen LogP contribution is -2.41. The Morgan fingerprint density at radius 3 is 2.68 bits per heavy atom. The molecule has 7 heteroatoms. The van der Waals surface area contributed by atoms with Crippen LogP contribution >= 0.6 is 23.4 Å². The molecule has 5 nitrogen and oxygen atoms in total. The van der Waals surface area contributed by atoms with Gasteiger partial charge in [-0.05, 0) is 27.0 Å². The first-order valence-corrected chi connectivity index (χ1v) is 7.54. The maximum Gasteiger partial charge on any atom is 0.222 e. The molecular weight excluding hydrogens is 284 g/mol. The average Bonchev–Trinajstić information content (AvgIpc) is 2.25. The van der Waals surface area contributed by atoms with Crippen molar-refractivity contribution in [1.82, 2.24) is 15.3 Å². The van der Waals surface area contributed by atoms with E-state index >= 15 is 0 Å². The van der Waals surface area contributed by atoms with E-state index in [1.54, 1.807) is 6.07 Å². The third kappa shape index (κ3) is 6.63. The van der Waals surface area contributed by atoms with E-state index in [-0.39, 0.29) is 11.4 Å². The quantitative estimate of drug-likeness (QED) is 0.497. The number of aromatic nitrogens is 2. The number of anilines is 1. The van der Waals surface area contributed by atoms with Crippen molar-refractivity contribution in [2.75, 3.05) is 18.1 Å². The molecule has 1 aromatic rings. The molecule has 0 radical (unpaired) electrons. The number of carbonyl (C=O) groups is 1. The minimum Gasteiger partial charge on any atom is -0.369 e. The van der Waals surface area contributed by atoms with Crippen LogP contribution in [-0.2, 0) is 4.79 Å². The first kappa shape index (κ1) is 16.0. The summed E-state index contributed by atoms with van der Waals surface area (Å²) < 4.78 is 0. The Morgan fingerprint density at radius 1 is 1.42 bits per heavy atom. The van der Waals surface area contributed by atoms with Gasteiger partial charge in [-0.2, -0.15) is 0 Å². The maximum atomic E-state index is 11.6. The van der Waals surface area contributed by atoms with Crippen molar-refractivity contribution >= 4 is 35.1 Å². The second-order valence-corrected chi connectivity index (χ2v) is 6.20. The molecule has 1 amide bonds. The minimum atomic E-state index is -0.207. The van der Waals surface area contributed by atoms with Crippen molar-refractivity contribution in [2.24, 2.45) is 0 Å². The van der Waals surface area contributed by atoms with Crippen molar-refractivity contribution in [3.05, 3.63) is 11.2 Å². The van der Waals surface area contributed by atoms with Crippen LogP contribution in [0.5, 0.6) is 0 Å². The Kier molecular flexibility index (Phi) is 5.87. The van der Waals surface area contributed by atoms with E-state index in [1.807, 2.05) is 27.0 Å². The molecular formula is C12H19ClN4OS. The molecule has 0 fully saturated rings. The number of rotatable bonds is 5. The number of thioether (sulfide) groups is 1. The average molecular weight is 303 g/mol. The highest BCUT2D eigenvalue weighted by molar-refractivity contribution is 7.98. The second kappa shape index (κ2) is 6.96. The van der Waals surface area contributed by atoms with E-state index in [0.717, 1.165) is 0 Å². The Hall–Kier alpha value is -1.01. The maximum absolute atomic E-state index is 11.6. The third-order valence-electron chi connectivity index (χ3n) is 2.03. The van der Waals surface area contributed by atoms with E-state index in [4.69, 9.17) is 11.6 Å². The van der Waals surface area contributed by atoms with E-state index in [9.17, 15) is 4.79 Å². The lowest BCUT2D eigenvalue weighted by Gasteiger charge is -2.20. The first-order valence-electron chi connectivity index (χ1n) is 5.93. The first-order chi connectivity index (χ1) is 8.80. The van der Waals surface area contributed by atoms with Gasteiger partial charge in [0.25, 0.3) is 0 Å². The second-order valence-electron chi connectivity index (χ2n) is 5.04. The fourth-order valence-corrected chi connectivity index (χ4v) is 1.98. The molecule has 2 N–H and O–H groups in total. The molecule has 0 aliphatic carbocycles. The summed E-state index contributed by atoms with van der Waals surface area (Å²) in [7, 11) is 0. The summed E-state index contributed by atoms with van der Waals surface area (Å²) in [6.07, 6.45) is 2.26. The normalized spacial score (nSPS) is 11.2. The summed E-state index contributed by atoms with van der Waals surface area (Å²) in [6.45, 7) is 6.36. The van der Waals surface area contributed by atoms with Crippen LogP contribution in [0.2, 0.25) is 5.15 Å². The molecule has 1 rings (SSSR count). The van der Waals surface area contributed by atoms with Crippen LogP contribution in [0.4, 0.5) is 5.82 Å². The van der Waals surface area contributed by atoms with Crippen molar-refractivity contribution in [2.45, 2.75) is 37.9 Å². The molecule has 1 heterocycles. The number of nitrogens with one attached hydrogen (secondary N) is 2. The molecule has 1 aromatic heterocycles. The Bertz CT molecular complexity index is 448. The molecule has 0 unspecified atom stereocenters. The van der Waals surface area contributed by atoms with E-state index < -0.39 is 0 Å². The zero-order chi connectivity index (χ0) is 14.5. The Balaban J connectivity index is 2.45. The van der Waals surface area contributed by atoms with Crippen LogP contribution in [0, 0.1) is 0 Å². The highest BCUT2D eigenvalue weighted by atomic mass is 35.5. The monoisotopic (exact) mass is 302 g/mol. The fraction of sp³-hybridized carbons (Fsp3) is 0.583. The number of hydrogen-bond donors (Lipinski definition) is 2. The predicted molar refractivity (Wildman–Crippen MR) is 79.8 cm³/mol. The molecule has 0 aliphatic rings. The van der Waals surface area contributed by atoms with Gasteiger partial charge in [0.05, 0.1) is 0 Å². The lowest BCUT2D eigenvalue weighted by atomic mass is 10.1. The van der Waals surface area contributed by atoms with Gasteiger partial charge in [-0.15, -0.1) is 0 Å². The van der Waals surface area contributed by atoms with E-state index in [2.05, 4.69) is 20.6 Å². The van der Waals surface area contributed by atoms with Gasteiger partial charge < -0.3 is 10.6 Å². The van der Waals surface area contributed by atoms with Crippen LogP contribution in [0.1, 0.15) is 27.2 Å².